The van der Waals surface area contributed by atoms with E-state index in [9.17, 15) is 9.59 Å². The molecule has 38 heavy (non-hydrogen) atoms. The number of benzene rings is 2. The average Bonchev–Trinajstić information content (AvgIpc) is 3.70. The van der Waals surface area contributed by atoms with Gasteiger partial charge in [-0.15, -0.1) is 0 Å². The van der Waals surface area contributed by atoms with Gasteiger partial charge in [0.2, 0.25) is 5.78 Å². The van der Waals surface area contributed by atoms with Crippen LogP contribution in [-0.2, 0) is 12.8 Å². The Balaban J connectivity index is 0.00000176. The smallest absolute Gasteiger partial charge is 1.00 e. The molecule has 0 saturated carbocycles. The molecule has 9 nitrogen and oxygen atoms in total. The molecule has 6 aromatic rings. The van der Waals surface area contributed by atoms with Crippen LogP contribution in [0.5, 0.6) is 0 Å². The van der Waals surface area contributed by atoms with Crippen molar-refractivity contribution in [2.75, 3.05) is 0 Å². The maximum absolute atomic E-state index is 13.8. The second kappa shape index (κ2) is 11.4. The van der Waals surface area contributed by atoms with Gasteiger partial charge in [0.15, 0.2) is 5.82 Å². The number of nitrogens with one attached hydrogen (secondary N) is 1. The zero-order valence-electron chi connectivity index (χ0n) is 21.9. The number of aromatic nitrogens is 6. The summed E-state index contributed by atoms with van der Waals surface area (Å²) in [5, 5.41) is 12.2. The van der Waals surface area contributed by atoms with Gasteiger partial charge in [0, 0.05) is 22.9 Å². The van der Waals surface area contributed by atoms with Gasteiger partial charge in [-0.1, -0.05) is 67.0 Å². The van der Waals surface area contributed by atoms with E-state index in [4.69, 9.17) is 4.52 Å². The van der Waals surface area contributed by atoms with Crippen molar-refractivity contribution in [2.45, 2.75) is 26.2 Å². The van der Waals surface area contributed by atoms with E-state index in [1.807, 2.05) is 65.4 Å². The molecule has 4 heterocycles. The van der Waals surface area contributed by atoms with E-state index >= 15 is 0 Å². The first-order chi connectivity index (χ1) is 18.1. The average molecular weight is 551 g/mol. The number of aromatic amines is 1. The molecule has 0 aliphatic carbocycles. The largest absolute Gasteiger partial charge is 1.00 e. The molecule has 186 valence electrons. The van der Waals surface area contributed by atoms with Gasteiger partial charge in [-0.2, -0.15) is 21.4 Å². The minimum absolute atomic E-state index is 0. The van der Waals surface area contributed by atoms with Crippen LogP contribution in [0.25, 0.3) is 34.0 Å². The Labute approximate surface area is 265 Å². The van der Waals surface area contributed by atoms with E-state index < -0.39 is 5.76 Å². The van der Waals surface area contributed by atoms with Crippen molar-refractivity contribution in [3.05, 3.63) is 109 Å². The van der Waals surface area contributed by atoms with E-state index in [2.05, 4.69) is 27.1 Å². The molecule has 0 unspecified atom stereocenters. The summed E-state index contributed by atoms with van der Waals surface area (Å²) in [6.07, 6.45) is 3.56. The predicted molar refractivity (Wildman–Crippen MR) is 142 cm³/mol. The molecule has 0 bridgehead atoms. The Morgan fingerprint density at radius 2 is 1.84 bits per heavy atom. The van der Waals surface area contributed by atoms with Crippen LogP contribution in [0.1, 0.15) is 31.6 Å². The van der Waals surface area contributed by atoms with Crippen LogP contribution in [0.4, 0.5) is 0 Å². The van der Waals surface area contributed by atoms with Gasteiger partial charge >= 0.3 is 57.1 Å². The molecule has 6 rings (SSSR count). The van der Waals surface area contributed by atoms with E-state index in [1.165, 1.54) is 17.7 Å². The molecule has 11 heteroatoms. The summed E-state index contributed by atoms with van der Waals surface area (Å²) >= 11 is 1.53. The van der Waals surface area contributed by atoms with Crippen molar-refractivity contribution < 1.29 is 57.3 Å². The molecule has 0 radical (unpaired) electrons. The Hall–Kier alpha value is -2.93. The quantitative estimate of drug-likeness (QED) is 0.303. The predicted octanol–water partition coefficient (Wildman–Crippen LogP) is 1.61. The van der Waals surface area contributed by atoms with Gasteiger partial charge in [0.05, 0.1) is 11.4 Å². The van der Waals surface area contributed by atoms with Crippen molar-refractivity contribution >= 4 is 17.1 Å². The maximum atomic E-state index is 13.8. The van der Waals surface area contributed by atoms with Crippen molar-refractivity contribution in [3.8, 4) is 28.2 Å². The third-order valence-electron chi connectivity index (χ3n) is 6.31. The number of H-pyrrole nitrogens is 1. The summed E-state index contributed by atoms with van der Waals surface area (Å²) in [6, 6.07) is 17.6. The van der Waals surface area contributed by atoms with Crippen LogP contribution < -0.4 is 62.7 Å². The zero-order chi connectivity index (χ0) is 25.4. The summed E-state index contributed by atoms with van der Waals surface area (Å²) in [5.41, 5.74) is 5.94. The number of thiophene rings is 1. The minimum Gasteiger partial charge on any atom is -1.00 e. The third kappa shape index (κ3) is 4.93. The van der Waals surface area contributed by atoms with Crippen molar-refractivity contribution in [3.63, 3.8) is 0 Å². The van der Waals surface area contributed by atoms with E-state index in [0.29, 0.717) is 23.6 Å². The van der Waals surface area contributed by atoms with Crippen LogP contribution >= 0.6 is 11.3 Å². The zero-order valence-corrected chi connectivity index (χ0v) is 24.9. The summed E-state index contributed by atoms with van der Waals surface area (Å²) in [4.78, 5) is 32.3. The Morgan fingerprint density at radius 1 is 1.05 bits per heavy atom. The standard InChI is InChI=1S/C27H22N6O3S.K.H/c1-2-5-23-22(25(34)32(19-12-13-37-15-19)26-28-16-29-33(23)26)14-17-8-10-18(11-9-17)20-6-3-4-7-21(20)24-30-27(35)36-31-24;;/h3-4,6-13,15-16H,2,5,14H2,1H3,(H,30,31,35);;/q;+1;-1. The summed E-state index contributed by atoms with van der Waals surface area (Å²) in [7, 11) is 0. The number of nitrogens with zero attached hydrogens (tertiary/aromatic N) is 5. The molecule has 0 spiro atoms. The second-order valence-corrected chi connectivity index (χ2v) is 9.41. The normalized spacial score (nSPS) is 11.1. The molecule has 0 aliphatic rings. The van der Waals surface area contributed by atoms with Crippen LogP contribution in [0, 0.1) is 0 Å². The van der Waals surface area contributed by atoms with Gasteiger partial charge in [-0.05, 0) is 34.6 Å². The summed E-state index contributed by atoms with van der Waals surface area (Å²) in [5.74, 6) is 0.304. The SMILES string of the molecule is CCCc1c(Cc2ccc(-c3ccccc3-c3noc(=O)[nH]3)cc2)c(=O)n(-c2ccsc2)c2ncnn12.[H-].[K+]. The molecule has 2 aromatic carbocycles. The van der Waals surface area contributed by atoms with E-state index in [-0.39, 0.29) is 58.4 Å². The number of fused-ring (bicyclic) bond motifs is 1. The number of aryl methyl sites for hydroxylation is 1. The Morgan fingerprint density at radius 3 is 2.53 bits per heavy atom. The number of hydrogen-bond donors (Lipinski definition) is 1. The second-order valence-electron chi connectivity index (χ2n) is 8.63. The molecule has 0 saturated heterocycles. The topological polar surface area (TPSA) is 111 Å². The van der Waals surface area contributed by atoms with Gasteiger partial charge in [-0.25, -0.2) is 13.9 Å². The molecular weight excluding hydrogens is 528 g/mol. The summed E-state index contributed by atoms with van der Waals surface area (Å²) < 4.78 is 8.13. The Kier molecular flexibility index (Phi) is 8.03. The van der Waals surface area contributed by atoms with Gasteiger partial charge in [-0.3, -0.25) is 14.3 Å². The first-order valence-electron chi connectivity index (χ1n) is 11.9. The van der Waals surface area contributed by atoms with Crippen molar-refractivity contribution in [1.82, 2.24) is 29.3 Å². The number of hydrogen-bond acceptors (Lipinski definition) is 7. The minimum atomic E-state index is -0.597. The molecule has 0 atom stereocenters. The Bertz CT molecular complexity index is 1820. The maximum Gasteiger partial charge on any atom is 1.00 e. The van der Waals surface area contributed by atoms with Gasteiger partial charge in [0.1, 0.15) is 6.33 Å². The van der Waals surface area contributed by atoms with Crippen LogP contribution in [0.15, 0.2) is 85.8 Å². The van der Waals surface area contributed by atoms with Crippen LogP contribution in [0.2, 0.25) is 0 Å². The molecule has 1 N–H and O–H groups in total. The van der Waals surface area contributed by atoms with Crippen molar-refractivity contribution in [1.29, 1.82) is 0 Å². The number of rotatable bonds is 7. The molecular formula is C27H23KN6O3S. The fourth-order valence-corrected chi connectivity index (χ4v) is 5.26. The van der Waals surface area contributed by atoms with E-state index in [1.54, 1.807) is 9.08 Å². The van der Waals surface area contributed by atoms with Crippen LogP contribution in [-0.4, -0.2) is 29.3 Å². The molecule has 0 amide bonds. The first-order valence-corrected chi connectivity index (χ1v) is 12.8. The van der Waals surface area contributed by atoms with Crippen LogP contribution in [0.3, 0.4) is 0 Å². The van der Waals surface area contributed by atoms with Crippen molar-refractivity contribution in [2.24, 2.45) is 0 Å². The van der Waals surface area contributed by atoms with Gasteiger partial charge in [0.25, 0.3) is 5.56 Å². The molecule has 0 fully saturated rings. The first kappa shape index (κ1) is 26.7. The summed E-state index contributed by atoms with van der Waals surface area (Å²) in [6.45, 7) is 2.09. The molecule has 0 aliphatic heterocycles. The third-order valence-corrected chi connectivity index (χ3v) is 6.99. The van der Waals surface area contributed by atoms with Gasteiger partial charge < -0.3 is 1.43 Å². The van der Waals surface area contributed by atoms with E-state index in [0.717, 1.165) is 46.5 Å². The monoisotopic (exact) mass is 550 g/mol. The fourth-order valence-electron chi connectivity index (χ4n) is 4.64. The fraction of sp³-hybridized carbons (Fsp3) is 0.148. The molecule has 4 aromatic heterocycles.